The van der Waals surface area contributed by atoms with Crippen molar-refractivity contribution in [3.8, 4) is 0 Å². The van der Waals surface area contributed by atoms with Crippen LogP contribution < -0.4 is 0 Å². The average molecular weight is 222 g/mol. The molecule has 0 unspecified atom stereocenters. The van der Waals surface area contributed by atoms with E-state index in [1.807, 2.05) is 6.92 Å². The van der Waals surface area contributed by atoms with Crippen molar-refractivity contribution < 1.29 is 9.90 Å². The summed E-state index contributed by atoms with van der Waals surface area (Å²) in [6.07, 6.45) is 1.55. The molecule has 0 aliphatic heterocycles. The van der Waals surface area contributed by atoms with Gasteiger partial charge in [-0.25, -0.2) is 0 Å². The molecule has 4 heteroatoms. The van der Waals surface area contributed by atoms with Gasteiger partial charge in [0.05, 0.1) is 11.2 Å². The first-order chi connectivity index (χ1) is 7.29. The van der Waals surface area contributed by atoms with Crippen LogP contribution in [0.4, 0.5) is 0 Å². The molecular weight excluding hydrogens is 204 g/mol. The molecule has 1 aromatic rings. The van der Waals surface area contributed by atoms with E-state index in [1.165, 1.54) is 4.90 Å². The van der Waals surface area contributed by atoms with E-state index in [2.05, 4.69) is 4.98 Å². The Morgan fingerprint density at radius 3 is 2.56 bits per heavy atom. The summed E-state index contributed by atoms with van der Waals surface area (Å²) in [5.74, 6) is -0.130. The lowest BCUT2D eigenvalue weighted by Crippen LogP contribution is -2.39. The highest BCUT2D eigenvalue weighted by Gasteiger charge is 2.20. The average Bonchev–Trinajstić information content (AvgIpc) is 2.15. The van der Waals surface area contributed by atoms with E-state index in [4.69, 9.17) is 0 Å². The van der Waals surface area contributed by atoms with Crippen LogP contribution in [0.1, 0.15) is 29.9 Å². The molecule has 16 heavy (non-hydrogen) atoms. The lowest BCUT2D eigenvalue weighted by atomic mass is 10.1. The van der Waals surface area contributed by atoms with Crippen molar-refractivity contribution >= 4 is 5.91 Å². The Morgan fingerprint density at radius 2 is 2.12 bits per heavy atom. The van der Waals surface area contributed by atoms with Crippen molar-refractivity contribution in [2.75, 3.05) is 13.6 Å². The molecule has 0 atom stereocenters. The molecule has 0 aliphatic rings. The first-order valence-corrected chi connectivity index (χ1v) is 5.20. The number of aryl methyl sites for hydroxylation is 1. The fourth-order valence-corrected chi connectivity index (χ4v) is 1.47. The zero-order valence-electron chi connectivity index (χ0n) is 10.2. The van der Waals surface area contributed by atoms with Crippen LogP contribution in [0, 0.1) is 6.92 Å². The zero-order chi connectivity index (χ0) is 12.3. The summed E-state index contributed by atoms with van der Waals surface area (Å²) in [6, 6.07) is 3.54. The number of aliphatic hydroxyl groups is 1. The molecule has 0 saturated heterocycles. The van der Waals surface area contributed by atoms with Gasteiger partial charge < -0.3 is 10.0 Å². The molecule has 0 spiro atoms. The SMILES string of the molecule is Cc1ccc(C(=O)N(C)CC(C)(C)O)cn1. The summed E-state index contributed by atoms with van der Waals surface area (Å²) in [7, 11) is 1.67. The molecule has 1 aromatic heterocycles. The fourth-order valence-electron chi connectivity index (χ4n) is 1.47. The summed E-state index contributed by atoms with van der Waals surface area (Å²) in [5.41, 5.74) is 0.529. The van der Waals surface area contributed by atoms with Crippen LogP contribution >= 0.6 is 0 Å². The summed E-state index contributed by atoms with van der Waals surface area (Å²) in [4.78, 5) is 17.5. The van der Waals surface area contributed by atoms with Crippen LogP contribution in [0.25, 0.3) is 0 Å². The first kappa shape index (κ1) is 12.6. The molecule has 0 aliphatic carbocycles. The van der Waals surface area contributed by atoms with E-state index >= 15 is 0 Å². The highest BCUT2D eigenvalue weighted by Crippen LogP contribution is 2.08. The summed E-state index contributed by atoms with van der Waals surface area (Å²) in [6.45, 7) is 5.50. The van der Waals surface area contributed by atoms with Gasteiger partial charge in [0, 0.05) is 25.5 Å². The normalized spacial score (nSPS) is 11.3. The molecule has 1 rings (SSSR count). The second-order valence-corrected chi connectivity index (χ2v) is 4.66. The van der Waals surface area contributed by atoms with Gasteiger partial charge in [0.1, 0.15) is 0 Å². The van der Waals surface area contributed by atoms with E-state index in [0.29, 0.717) is 12.1 Å². The van der Waals surface area contributed by atoms with Crippen molar-refractivity contribution in [2.45, 2.75) is 26.4 Å². The quantitative estimate of drug-likeness (QED) is 0.837. The van der Waals surface area contributed by atoms with Crippen molar-refractivity contribution in [1.82, 2.24) is 9.88 Å². The monoisotopic (exact) mass is 222 g/mol. The predicted molar refractivity (Wildman–Crippen MR) is 62.2 cm³/mol. The van der Waals surface area contributed by atoms with Crippen LogP contribution in [0.15, 0.2) is 18.3 Å². The van der Waals surface area contributed by atoms with Crippen LogP contribution in [0.3, 0.4) is 0 Å². The fraction of sp³-hybridized carbons (Fsp3) is 0.500. The van der Waals surface area contributed by atoms with E-state index in [0.717, 1.165) is 5.69 Å². The Morgan fingerprint density at radius 1 is 1.50 bits per heavy atom. The number of hydrogen-bond donors (Lipinski definition) is 1. The third kappa shape index (κ3) is 3.62. The molecule has 0 saturated carbocycles. The van der Waals surface area contributed by atoms with Crippen LogP contribution in [0.5, 0.6) is 0 Å². The highest BCUT2D eigenvalue weighted by atomic mass is 16.3. The number of pyridine rings is 1. The number of nitrogens with zero attached hydrogens (tertiary/aromatic N) is 2. The van der Waals surface area contributed by atoms with Gasteiger partial charge >= 0.3 is 0 Å². The minimum Gasteiger partial charge on any atom is -0.389 e. The minimum absolute atomic E-state index is 0.130. The summed E-state index contributed by atoms with van der Waals surface area (Å²) in [5, 5.41) is 9.62. The molecular formula is C12H18N2O2. The molecule has 1 heterocycles. The maximum atomic E-state index is 11.9. The second kappa shape index (κ2) is 4.61. The second-order valence-electron chi connectivity index (χ2n) is 4.66. The first-order valence-electron chi connectivity index (χ1n) is 5.20. The van der Waals surface area contributed by atoms with E-state index in [9.17, 15) is 9.90 Å². The lowest BCUT2D eigenvalue weighted by Gasteiger charge is -2.25. The Balaban J connectivity index is 2.74. The van der Waals surface area contributed by atoms with Crippen molar-refractivity contribution in [3.63, 3.8) is 0 Å². The molecule has 0 bridgehead atoms. The van der Waals surface area contributed by atoms with Crippen molar-refractivity contribution in [2.24, 2.45) is 0 Å². The maximum Gasteiger partial charge on any atom is 0.255 e. The third-order valence-electron chi connectivity index (χ3n) is 2.13. The molecule has 0 radical (unpaired) electrons. The smallest absolute Gasteiger partial charge is 0.255 e. The molecule has 0 aromatic carbocycles. The maximum absolute atomic E-state index is 11.9. The van der Waals surface area contributed by atoms with Gasteiger partial charge in [-0.15, -0.1) is 0 Å². The zero-order valence-corrected chi connectivity index (χ0v) is 10.2. The van der Waals surface area contributed by atoms with Crippen molar-refractivity contribution in [1.29, 1.82) is 0 Å². The Labute approximate surface area is 95.9 Å². The van der Waals surface area contributed by atoms with E-state index < -0.39 is 5.60 Å². The molecule has 88 valence electrons. The molecule has 4 nitrogen and oxygen atoms in total. The van der Waals surface area contributed by atoms with Gasteiger partial charge in [-0.3, -0.25) is 9.78 Å². The number of carbonyl (C=O) groups excluding carboxylic acids is 1. The van der Waals surface area contributed by atoms with Gasteiger partial charge in [0.15, 0.2) is 0 Å². The van der Waals surface area contributed by atoms with Gasteiger partial charge in [0.25, 0.3) is 5.91 Å². The number of aromatic nitrogens is 1. The van der Waals surface area contributed by atoms with E-state index in [1.54, 1.807) is 39.2 Å². The molecule has 1 amide bonds. The van der Waals surface area contributed by atoms with Gasteiger partial charge in [-0.2, -0.15) is 0 Å². The number of rotatable bonds is 3. The largest absolute Gasteiger partial charge is 0.389 e. The number of likely N-dealkylation sites (N-methyl/N-ethyl adjacent to an activating group) is 1. The van der Waals surface area contributed by atoms with Gasteiger partial charge in [0.2, 0.25) is 0 Å². The van der Waals surface area contributed by atoms with Crippen LogP contribution in [-0.2, 0) is 0 Å². The number of hydrogen-bond acceptors (Lipinski definition) is 3. The minimum atomic E-state index is -0.886. The molecule has 0 fully saturated rings. The lowest BCUT2D eigenvalue weighted by molar-refractivity contribution is 0.0367. The Bertz CT molecular complexity index is 366. The van der Waals surface area contributed by atoms with Crippen LogP contribution in [-0.4, -0.2) is 40.1 Å². The number of carbonyl (C=O) groups is 1. The Kier molecular flexibility index (Phi) is 3.65. The predicted octanol–water partition coefficient (Wildman–Crippen LogP) is 1.23. The Hall–Kier alpha value is -1.42. The van der Waals surface area contributed by atoms with Crippen molar-refractivity contribution in [3.05, 3.63) is 29.6 Å². The highest BCUT2D eigenvalue weighted by molar-refractivity contribution is 5.93. The summed E-state index contributed by atoms with van der Waals surface area (Å²) < 4.78 is 0. The third-order valence-corrected chi connectivity index (χ3v) is 2.13. The summed E-state index contributed by atoms with van der Waals surface area (Å²) >= 11 is 0. The van der Waals surface area contributed by atoms with E-state index in [-0.39, 0.29) is 5.91 Å². The standard InChI is InChI=1S/C12H18N2O2/c1-9-5-6-10(7-13-9)11(15)14(4)8-12(2,3)16/h5-7,16H,8H2,1-4H3. The topological polar surface area (TPSA) is 53.4 Å². The molecule has 1 N–H and O–H groups in total. The number of amides is 1. The van der Waals surface area contributed by atoms with Gasteiger partial charge in [-0.05, 0) is 32.9 Å². The van der Waals surface area contributed by atoms with Crippen LogP contribution in [0.2, 0.25) is 0 Å². The van der Waals surface area contributed by atoms with Gasteiger partial charge in [-0.1, -0.05) is 0 Å².